The number of benzene rings is 2. The first-order valence-electron chi connectivity index (χ1n) is 9.60. The number of carbonyl (C=O) groups excluding carboxylic acids is 1. The van der Waals surface area contributed by atoms with Crippen molar-refractivity contribution < 1.29 is 9.18 Å². The third-order valence-electron chi connectivity index (χ3n) is 4.97. The molecule has 0 fully saturated rings. The molecular formula is C23H20FN3O2S. The van der Waals surface area contributed by atoms with Crippen molar-refractivity contribution >= 4 is 33.1 Å². The minimum absolute atomic E-state index is 0.141. The van der Waals surface area contributed by atoms with Gasteiger partial charge in [0.25, 0.3) is 5.56 Å². The van der Waals surface area contributed by atoms with Crippen LogP contribution in [0.1, 0.15) is 17.4 Å². The summed E-state index contributed by atoms with van der Waals surface area (Å²) in [6.45, 7) is 3.78. The summed E-state index contributed by atoms with van der Waals surface area (Å²) in [6.07, 6.45) is 2.19. The minimum atomic E-state index is -0.337. The van der Waals surface area contributed by atoms with E-state index in [-0.39, 0.29) is 23.8 Å². The van der Waals surface area contributed by atoms with E-state index in [4.69, 9.17) is 0 Å². The Morgan fingerprint density at radius 3 is 2.63 bits per heavy atom. The molecule has 7 heteroatoms. The SMILES string of the molecule is CCc1ccccc1NC(=O)Cn1cnc2sc(C)c(-c3ccc(F)cc3)c2c1=O. The zero-order valence-electron chi connectivity index (χ0n) is 16.6. The van der Waals surface area contributed by atoms with Gasteiger partial charge in [-0.25, -0.2) is 9.37 Å². The van der Waals surface area contributed by atoms with Gasteiger partial charge in [-0.2, -0.15) is 0 Å². The number of carbonyl (C=O) groups is 1. The van der Waals surface area contributed by atoms with Crippen LogP contribution >= 0.6 is 11.3 Å². The first kappa shape index (κ1) is 20.0. The van der Waals surface area contributed by atoms with Gasteiger partial charge in [-0.1, -0.05) is 37.3 Å². The third-order valence-corrected chi connectivity index (χ3v) is 5.99. The van der Waals surface area contributed by atoms with E-state index in [9.17, 15) is 14.0 Å². The Morgan fingerprint density at radius 2 is 1.90 bits per heavy atom. The summed E-state index contributed by atoms with van der Waals surface area (Å²) >= 11 is 1.41. The van der Waals surface area contributed by atoms with Crippen LogP contribution in [0.4, 0.5) is 10.1 Å². The number of anilines is 1. The Balaban J connectivity index is 1.70. The predicted octanol–water partition coefficient (Wildman–Crippen LogP) is 4.77. The van der Waals surface area contributed by atoms with Crippen molar-refractivity contribution in [3.8, 4) is 11.1 Å². The molecular weight excluding hydrogens is 401 g/mol. The number of hydrogen-bond acceptors (Lipinski definition) is 4. The molecule has 0 radical (unpaired) electrons. The maximum atomic E-state index is 13.3. The highest BCUT2D eigenvalue weighted by Crippen LogP contribution is 2.35. The number of amides is 1. The highest BCUT2D eigenvalue weighted by atomic mass is 32.1. The van der Waals surface area contributed by atoms with E-state index in [1.807, 2.05) is 38.1 Å². The Kier molecular flexibility index (Phi) is 5.46. The number of rotatable bonds is 5. The number of aromatic nitrogens is 2. The lowest BCUT2D eigenvalue weighted by atomic mass is 10.0. The fourth-order valence-electron chi connectivity index (χ4n) is 3.51. The normalized spacial score (nSPS) is 11.0. The molecule has 0 bridgehead atoms. The van der Waals surface area contributed by atoms with Crippen molar-refractivity contribution in [1.29, 1.82) is 0 Å². The average Bonchev–Trinajstić information content (AvgIpc) is 3.08. The molecule has 152 valence electrons. The number of halogens is 1. The molecule has 0 aliphatic rings. The molecule has 0 saturated heterocycles. The second-order valence-electron chi connectivity index (χ2n) is 6.96. The molecule has 0 aliphatic carbocycles. The summed E-state index contributed by atoms with van der Waals surface area (Å²) in [6, 6.07) is 13.6. The Labute approximate surface area is 176 Å². The topological polar surface area (TPSA) is 64.0 Å². The summed E-state index contributed by atoms with van der Waals surface area (Å²) in [4.78, 5) is 31.7. The first-order chi connectivity index (χ1) is 14.5. The lowest BCUT2D eigenvalue weighted by Gasteiger charge is -2.11. The van der Waals surface area contributed by atoms with E-state index < -0.39 is 0 Å². The molecule has 0 aliphatic heterocycles. The first-order valence-corrected chi connectivity index (χ1v) is 10.4. The van der Waals surface area contributed by atoms with Crippen molar-refractivity contribution in [3.63, 3.8) is 0 Å². The number of aryl methyl sites for hydroxylation is 2. The van der Waals surface area contributed by atoms with Crippen LogP contribution in [-0.2, 0) is 17.8 Å². The van der Waals surface area contributed by atoms with Crippen LogP contribution in [-0.4, -0.2) is 15.5 Å². The van der Waals surface area contributed by atoms with Crippen LogP contribution in [0, 0.1) is 12.7 Å². The summed E-state index contributed by atoms with van der Waals surface area (Å²) < 4.78 is 14.7. The second-order valence-corrected chi connectivity index (χ2v) is 8.16. The quantitative estimate of drug-likeness (QED) is 0.505. The monoisotopic (exact) mass is 421 g/mol. The van der Waals surface area contributed by atoms with E-state index in [1.54, 1.807) is 12.1 Å². The molecule has 2 aromatic carbocycles. The molecule has 5 nitrogen and oxygen atoms in total. The van der Waals surface area contributed by atoms with E-state index in [1.165, 1.54) is 34.4 Å². The molecule has 0 unspecified atom stereocenters. The highest BCUT2D eigenvalue weighted by molar-refractivity contribution is 7.19. The molecule has 4 aromatic rings. The molecule has 0 atom stereocenters. The molecule has 0 spiro atoms. The van der Waals surface area contributed by atoms with E-state index >= 15 is 0 Å². The fourth-order valence-corrected chi connectivity index (χ4v) is 4.51. The number of hydrogen-bond donors (Lipinski definition) is 1. The lowest BCUT2D eigenvalue weighted by Crippen LogP contribution is -2.28. The summed E-state index contributed by atoms with van der Waals surface area (Å²) in [7, 11) is 0. The number of nitrogens with zero attached hydrogens (tertiary/aromatic N) is 2. The Bertz CT molecular complexity index is 1290. The van der Waals surface area contributed by atoms with E-state index in [0.717, 1.165) is 33.7 Å². The fraction of sp³-hybridized carbons (Fsp3) is 0.174. The van der Waals surface area contributed by atoms with Crippen molar-refractivity contribution in [2.75, 3.05) is 5.32 Å². The largest absolute Gasteiger partial charge is 0.324 e. The van der Waals surface area contributed by atoms with Crippen LogP contribution in [0.15, 0.2) is 59.7 Å². The third kappa shape index (κ3) is 3.76. The van der Waals surface area contributed by atoms with Gasteiger partial charge in [0.15, 0.2) is 0 Å². The second kappa shape index (κ2) is 8.20. The van der Waals surface area contributed by atoms with Gasteiger partial charge in [0, 0.05) is 16.1 Å². The van der Waals surface area contributed by atoms with Crippen molar-refractivity contribution in [2.24, 2.45) is 0 Å². The summed E-state index contributed by atoms with van der Waals surface area (Å²) in [5, 5.41) is 3.33. The van der Waals surface area contributed by atoms with Gasteiger partial charge in [-0.05, 0) is 42.7 Å². The zero-order chi connectivity index (χ0) is 21.3. The summed E-state index contributed by atoms with van der Waals surface area (Å²) in [5.41, 5.74) is 2.96. The molecule has 4 rings (SSSR count). The predicted molar refractivity (Wildman–Crippen MR) is 118 cm³/mol. The van der Waals surface area contributed by atoms with Gasteiger partial charge in [-0.15, -0.1) is 11.3 Å². The Morgan fingerprint density at radius 1 is 1.17 bits per heavy atom. The smallest absolute Gasteiger partial charge is 0.263 e. The van der Waals surface area contributed by atoms with Crippen LogP contribution in [0.3, 0.4) is 0 Å². The standard InChI is InChI=1S/C23H20FN3O2S/c1-3-15-6-4-5-7-18(15)26-19(28)12-27-13-25-22-21(23(27)29)20(14(2)30-22)16-8-10-17(24)11-9-16/h4-11,13H,3,12H2,1-2H3,(H,26,28). The zero-order valence-corrected chi connectivity index (χ0v) is 17.4. The van der Waals surface area contributed by atoms with Crippen molar-refractivity contribution in [1.82, 2.24) is 9.55 Å². The molecule has 2 heterocycles. The number of fused-ring (bicyclic) bond motifs is 1. The molecule has 30 heavy (non-hydrogen) atoms. The van der Waals surface area contributed by atoms with Crippen LogP contribution in [0.5, 0.6) is 0 Å². The number of nitrogens with one attached hydrogen (secondary N) is 1. The van der Waals surface area contributed by atoms with Crippen LogP contribution < -0.4 is 10.9 Å². The van der Waals surface area contributed by atoms with Gasteiger partial charge < -0.3 is 5.32 Å². The van der Waals surface area contributed by atoms with Gasteiger partial charge in [0.2, 0.25) is 5.91 Å². The number of para-hydroxylation sites is 1. The van der Waals surface area contributed by atoms with E-state index in [2.05, 4.69) is 10.3 Å². The Hall–Kier alpha value is -3.32. The maximum absolute atomic E-state index is 13.3. The highest BCUT2D eigenvalue weighted by Gasteiger charge is 2.18. The van der Waals surface area contributed by atoms with Crippen molar-refractivity contribution in [3.05, 3.63) is 81.5 Å². The van der Waals surface area contributed by atoms with Gasteiger partial charge in [-0.3, -0.25) is 14.2 Å². The molecule has 2 aromatic heterocycles. The number of thiophene rings is 1. The molecule has 0 saturated carbocycles. The lowest BCUT2D eigenvalue weighted by molar-refractivity contribution is -0.116. The van der Waals surface area contributed by atoms with Crippen molar-refractivity contribution in [2.45, 2.75) is 26.8 Å². The molecule has 1 amide bonds. The average molecular weight is 421 g/mol. The van der Waals surface area contributed by atoms with Crippen LogP contribution in [0.25, 0.3) is 21.3 Å². The summed E-state index contributed by atoms with van der Waals surface area (Å²) in [5.74, 6) is -0.634. The van der Waals surface area contributed by atoms with Crippen LogP contribution in [0.2, 0.25) is 0 Å². The maximum Gasteiger partial charge on any atom is 0.263 e. The van der Waals surface area contributed by atoms with Gasteiger partial charge in [0.05, 0.1) is 11.7 Å². The van der Waals surface area contributed by atoms with Gasteiger partial charge >= 0.3 is 0 Å². The van der Waals surface area contributed by atoms with E-state index in [0.29, 0.717) is 10.2 Å². The molecule has 1 N–H and O–H groups in total. The minimum Gasteiger partial charge on any atom is -0.324 e. The van der Waals surface area contributed by atoms with Gasteiger partial charge in [0.1, 0.15) is 17.2 Å².